The van der Waals surface area contributed by atoms with Gasteiger partial charge in [-0.2, -0.15) is 0 Å². The van der Waals surface area contributed by atoms with Crippen molar-refractivity contribution in [2.45, 2.75) is 38.2 Å². The normalized spacial score (nSPS) is 13.7. The third-order valence-corrected chi connectivity index (χ3v) is 4.70. The minimum atomic E-state index is -0.119. The van der Waals surface area contributed by atoms with Crippen LogP contribution in [0.3, 0.4) is 0 Å². The molecular weight excluding hydrogens is 364 g/mol. The number of nitrogen functional groups attached to an aromatic ring is 1. The molecule has 5 nitrogen and oxygen atoms in total. The van der Waals surface area contributed by atoms with Gasteiger partial charge < -0.3 is 20.5 Å². The molecule has 1 amide bonds. The van der Waals surface area contributed by atoms with Crippen molar-refractivity contribution in [1.82, 2.24) is 5.32 Å². The summed E-state index contributed by atoms with van der Waals surface area (Å²) < 4.78 is 11.4. The number of amides is 1. The first-order valence-corrected chi connectivity index (χ1v) is 9.13. The van der Waals surface area contributed by atoms with Crippen LogP contribution in [-0.2, 0) is 6.42 Å². The zero-order valence-electron chi connectivity index (χ0n) is 15.6. The number of hydrogen-bond acceptors (Lipinski definition) is 4. The van der Waals surface area contributed by atoms with Gasteiger partial charge in [-0.15, -0.1) is 12.4 Å². The average Bonchev–Trinajstić information content (AvgIpc) is 3.16. The van der Waals surface area contributed by atoms with Crippen molar-refractivity contribution >= 4 is 24.0 Å². The van der Waals surface area contributed by atoms with E-state index >= 15 is 0 Å². The highest BCUT2D eigenvalue weighted by molar-refractivity contribution is 5.94. The van der Waals surface area contributed by atoms with Crippen LogP contribution < -0.4 is 20.5 Å². The average molecular weight is 391 g/mol. The van der Waals surface area contributed by atoms with Crippen LogP contribution in [-0.4, -0.2) is 25.7 Å². The van der Waals surface area contributed by atoms with Gasteiger partial charge in [-0.3, -0.25) is 4.79 Å². The van der Waals surface area contributed by atoms with E-state index in [9.17, 15) is 4.79 Å². The summed E-state index contributed by atoms with van der Waals surface area (Å²) in [6, 6.07) is 13.0. The number of benzene rings is 2. The second kappa shape index (κ2) is 10.1. The first-order chi connectivity index (χ1) is 12.7. The molecular formula is C21H27ClN2O3. The molecule has 0 radical (unpaired) electrons. The van der Waals surface area contributed by atoms with E-state index in [0.717, 1.165) is 30.5 Å². The van der Waals surface area contributed by atoms with Gasteiger partial charge in [0.1, 0.15) is 0 Å². The summed E-state index contributed by atoms with van der Waals surface area (Å²) in [5.74, 6) is 1.19. The van der Waals surface area contributed by atoms with Gasteiger partial charge in [0.15, 0.2) is 11.5 Å². The molecule has 1 saturated carbocycles. The number of anilines is 1. The molecule has 1 fully saturated rings. The summed E-state index contributed by atoms with van der Waals surface area (Å²) in [7, 11) is 1.60. The Morgan fingerprint density at radius 3 is 2.48 bits per heavy atom. The van der Waals surface area contributed by atoms with E-state index in [-0.39, 0.29) is 24.4 Å². The lowest BCUT2D eigenvalue weighted by Crippen LogP contribution is -2.25. The Kier molecular flexibility index (Phi) is 7.80. The molecule has 0 aliphatic heterocycles. The van der Waals surface area contributed by atoms with Gasteiger partial charge in [-0.1, -0.05) is 12.1 Å². The predicted octanol–water partition coefficient (Wildman–Crippen LogP) is 3.99. The number of ether oxygens (including phenoxy) is 2. The molecule has 2 aromatic carbocycles. The van der Waals surface area contributed by atoms with Crippen LogP contribution in [0.15, 0.2) is 42.5 Å². The van der Waals surface area contributed by atoms with Crippen molar-refractivity contribution in [2.75, 3.05) is 19.4 Å². The fourth-order valence-corrected chi connectivity index (χ4v) is 3.20. The number of nitrogens with one attached hydrogen (secondary N) is 1. The summed E-state index contributed by atoms with van der Waals surface area (Å²) in [5.41, 5.74) is 8.12. The molecule has 2 aromatic rings. The number of nitrogens with two attached hydrogens (primary N) is 1. The molecule has 3 N–H and O–H groups in total. The smallest absolute Gasteiger partial charge is 0.251 e. The Hall–Kier alpha value is -2.40. The molecule has 0 unspecified atom stereocenters. The van der Waals surface area contributed by atoms with Crippen molar-refractivity contribution in [3.63, 3.8) is 0 Å². The lowest BCUT2D eigenvalue weighted by atomic mass is 10.1. The summed E-state index contributed by atoms with van der Waals surface area (Å²) in [4.78, 5) is 12.4. The maximum Gasteiger partial charge on any atom is 0.251 e. The molecule has 1 aliphatic rings. The number of carbonyl (C=O) groups is 1. The van der Waals surface area contributed by atoms with Crippen LogP contribution in [0.1, 0.15) is 41.6 Å². The van der Waals surface area contributed by atoms with E-state index in [1.54, 1.807) is 19.2 Å². The number of methoxy groups -OCH3 is 1. The van der Waals surface area contributed by atoms with Gasteiger partial charge in [0.05, 0.1) is 13.2 Å². The highest BCUT2D eigenvalue weighted by Crippen LogP contribution is 2.32. The minimum Gasteiger partial charge on any atom is -0.493 e. The number of carbonyl (C=O) groups excluding carboxylic acids is 1. The second-order valence-corrected chi connectivity index (χ2v) is 6.64. The lowest BCUT2D eigenvalue weighted by Gasteiger charge is -2.16. The molecule has 27 heavy (non-hydrogen) atoms. The van der Waals surface area contributed by atoms with Gasteiger partial charge in [0, 0.05) is 17.8 Å². The van der Waals surface area contributed by atoms with Crippen LogP contribution in [0.2, 0.25) is 0 Å². The van der Waals surface area contributed by atoms with E-state index in [1.807, 2.05) is 30.3 Å². The van der Waals surface area contributed by atoms with Gasteiger partial charge in [-0.05, 0) is 68.0 Å². The largest absolute Gasteiger partial charge is 0.493 e. The second-order valence-electron chi connectivity index (χ2n) is 6.64. The topological polar surface area (TPSA) is 73.6 Å². The minimum absolute atomic E-state index is 0. The molecule has 0 heterocycles. The van der Waals surface area contributed by atoms with Gasteiger partial charge in [0.2, 0.25) is 0 Å². The third kappa shape index (κ3) is 5.79. The molecule has 0 atom stereocenters. The van der Waals surface area contributed by atoms with Crippen molar-refractivity contribution in [3.8, 4) is 11.5 Å². The highest BCUT2D eigenvalue weighted by Gasteiger charge is 2.19. The summed E-state index contributed by atoms with van der Waals surface area (Å²) in [6.07, 6.45) is 5.59. The Balaban J connectivity index is 0.00000261. The van der Waals surface area contributed by atoms with E-state index in [2.05, 4.69) is 5.32 Å². The summed E-state index contributed by atoms with van der Waals surface area (Å²) >= 11 is 0. The monoisotopic (exact) mass is 390 g/mol. The van der Waals surface area contributed by atoms with Crippen LogP contribution in [0.25, 0.3) is 0 Å². The van der Waals surface area contributed by atoms with E-state index in [1.165, 1.54) is 12.8 Å². The van der Waals surface area contributed by atoms with E-state index < -0.39 is 0 Å². The molecule has 0 saturated heterocycles. The van der Waals surface area contributed by atoms with Gasteiger partial charge >= 0.3 is 0 Å². The van der Waals surface area contributed by atoms with Crippen molar-refractivity contribution in [1.29, 1.82) is 0 Å². The first kappa shape index (κ1) is 20.9. The zero-order valence-corrected chi connectivity index (χ0v) is 16.4. The van der Waals surface area contributed by atoms with Crippen LogP contribution in [0, 0.1) is 0 Å². The van der Waals surface area contributed by atoms with Crippen molar-refractivity contribution in [3.05, 3.63) is 53.6 Å². The van der Waals surface area contributed by atoms with Gasteiger partial charge in [0.25, 0.3) is 5.91 Å². The molecule has 3 rings (SSSR count). The third-order valence-electron chi connectivity index (χ3n) is 4.70. The quantitative estimate of drug-likeness (QED) is 0.701. The Morgan fingerprint density at radius 1 is 1.11 bits per heavy atom. The number of rotatable bonds is 7. The molecule has 0 spiro atoms. The highest BCUT2D eigenvalue weighted by atomic mass is 35.5. The van der Waals surface area contributed by atoms with Gasteiger partial charge in [-0.25, -0.2) is 0 Å². The summed E-state index contributed by atoms with van der Waals surface area (Å²) in [5, 5.41) is 2.94. The van der Waals surface area contributed by atoms with Crippen molar-refractivity contribution in [2.24, 2.45) is 0 Å². The van der Waals surface area contributed by atoms with Crippen LogP contribution in [0.4, 0.5) is 5.69 Å². The predicted molar refractivity (Wildman–Crippen MR) is 110 cm³/mol. The summed E-state index contributed by atoms with van der Waals surface area (Å²) in [6.45, 7) is 0.561. The van der Waals surface area contributed by atoms with Crippen LogP contribution in [0.5, 0.6) is 11.5 Å². The fraction of sp³-hybridized carbons (Fsp3) is 0.381. The first-order valence-electron chi connectivity index (χ1n) is 9.13. The molecule has 0 aromatic heterocycles. The molecule has 1 aliphatic carbocycles. The van der Waals surface area contributed by atoms with E-state index in [4.69, 9.17) is 15.2 Å². The SMILES string of the molecule is COc1cc(C(=O)NCCc2ccc(N)cc2)ccc1OC1CCCC1.Cl. The Labute approximate surface area is 166 Å². The number of halogens is 1. The molecule has 0 bridgehead atoms. The maximum absolute atomic E-state index is 12.4. The molecule has 6 heteroatoms. The Morgan fingerprint density at radius 2 is 1.81 bits per heavy atom. The maximum atomic E-state index is 12.4. The Bertz CT molecular complexity index is 744. The molecule has 146 valence electrons. The van der Waals surface area contributed by atoms with Crippen molar-refractivity contribution < 1.29 is 14.3 Å². The standard InChI is InChI=1S/C21H26N2O3.ClH/c1-25-20-14-16(8-11-19(20)26-18-4-2-3-5-18)21(24)23-13-12-15-6-9-17(22)10-7-15;/h6-11,14,18H,2-5,12-13,22H2,1H3,(H,23,24);1H. The van der Waals surface area contributed by atoms with Crippen LogP contribution >= 0.6 is 12.4 Å². The van der Waals surface area contributed by atoms with E-state index in [0.29, 0.717) is 23.6 Å². The zero-order chi connectivity index (χ0) is 18.4. The fourth-order valence-electron chi connectivity index (χ4n) is 3.20. The lowest BCUT2D eigenvalue weighted by molar-refractivity contribution is 0.0953. The number of hydrogen-bond donors (Lipinski definition) is 2.